The summed E-state index contributed by atoms with van der Waals surface area (Å²) in [7, 11) is 0. The number of hydrogen-bond acceptors (Lipinski definition) is 2. The summed E-state index contributed by atoms with van der Waals surface area (Å²) in [6.07, 6.45) is 2.17. The second-order valence-electron chi connectivity index (χ2n) is 4.50. The number of hydrogen-bond donors (Lipinski definition) is 1. The molecule has 1 aromatic carbocycles. The normalized spacial score (nSPS) is 13.9. The Morgan fingerprint density at radius 3 is 2.60 bits per heavy atom. The summed E-state index contributed by atoms with van der Waals surface area (Å²) in [4.78, 5) is 0. The molecule has 0 aliphatic carbocycles. The molecule has 2 N–H and O–H groups in total. The van der Waals surface area contributed by atoms with Crippen LogP contribution in [0.4, 0.5) is 0 Å². The van der Waals surface area contributed by atoms with E-state index in [-0.39, 0.29) is 5.41 Å². The van der Waals surface area contributed by atoms with Gasteiger partial charge in [-0.1, -0.05) is 45.0 Å². The van der Waals surface area contributed by atoms with Crippen molar-refractivity contribution in [2.45, 2.75) is 38.0 Å². The Labute approximate surface area is 97.4 Å². The highest BCUT2D eigenvalue weighted by Gasteiger charge is 2.27. The van der Waals surface area contributed by atoms with Crippen LogP contribution < -0.4 is 5.73 Å². The summed E-state index contributed by atoms with van der Waals surface area (Å²) < 4.78 is 0. The smallest absolute Gasteiger partial charge is 0.0178 e. The van der Waals surface area contributed by atoms with Crippen LogP contribution in [0.2, 0.25) is 0 Å². The maximum absolute atomic E-state index is 5.67. The van der Waals surface area contributed by atoms with Crippen LogP contribution in [-0.2, 0) is 12.0 Å². The maximum atomic E-state index is 5.67. The van der Waals surface area contributed by atoms with E-state index in [1.54, 1.807) is 0 Å². The summed E-state index contributed by atoms with van der Waals surface area (Å²) in [6.45, 7) is 7.49. The first kappa shape index (κ1) is 12.6. The zero-order valence-electron chi connectivity index (χ0n) is 10.1. The molecule has 84 valence electrons. The predicted octanol–water partition coefficient (Wildman–Crippen LogP) is 3.17. The summed E-state index contributed by atoms with van der Waals surface area (Å²) in [5.41, 5.74) is 8.46. The quantitative estimate of drug-likeness (QED) is 0.848. The second kappa shape index (κ2) is 5.04. The largest absolute Gasteiger partial charge is 0.326 e. The zero-order chi connectivity index (χ0) is 11.5. The van der Waals surface area contributed by atoms with Gasteiger partial charge >= 0.3 is 0 Å². The Morgan fingerprint density at radius 2 is 2.07 bits per heavy atom. The van der Waals surface area contributed by atoms with Gasteiger partial charge in [-0.25, -0.2) is 0 Å². The SMILES string of the molecule is CSC(C)C(C)(C)c1cccc(CN)c1. The molecule has 0 radical (unpaired) electrons. The lowest BCUT2D eigenvalue weighted by Gasteiger charge is -2.31. The van der Waals surface area contributed by atoms with Crippen molar-refractivity contribution in [1.29, 1.82) is 0 Å². The number of nitrogens with two attached hydrogens (primary N) is 1. The molecule has 15 heavy (non-hydrogen) atoms. The Bertz CT molecular complexity index is 320. The molecule has 1 unspecified atom stereocenters. The van der Waals surface area contributed by atoms with Gasteiger partial charge in [0.05, 0.1) is 0 Å². The van der Waals surface area contributed by atoms with Crippen molar-refractivity contribution < 1.29 is 0 Å². The van der Waals surface area contributed by atoms with Crippen molar-refractivity contribution >= 4 is 11.8 Å². The monoisotopic (exact) mass is 223 g/mol. The molecule has 0 spiro atoms. The van der Waals surface area contributed by atoms with Gasteiger partial charge in [-0.3, -0.25) is 0 Å². The highest BCUT2D eigenvalue weighted by molar-refractivity contribution is 7.99. The lowest BCUT2D eigenvalue weighted by molar-refractivity contribution is 0.520. The number of rotatable bonds is 4. The first-order valence-electron chi connectivity index (χ1n) is 5.34. The van der Waals surface area contributed by atoms with E-state index in [2.05, 4.69) is 51.3 Å². The molecule has 0 bridgehead atoms. The first-order chi connectivity index (χ1) is 7.02. The molecule has 0 heterocycles. The zero-order valence-corrected chi connectivity index (χ0v) is 10.9. The van der Waals surface area contributed by atoms with Gasteiger partial charge in [0.1, 0.15) is 0 Å². The van der Waals surface area contributed by atoms with Crippen LogP contribution in [0.15, 0.2) is 24.3 Å². The molecule has 0 saturated heterocycles. The third kappa shape index (κ3) is 2.76. The minimum Gasteiger partial charge on any atom is -0.326 e. The third-order valence-electron chi connectivity index (χ3n) is 3.28. The fourth-order valence-electron chi connectivity index (χ4n) is 1.63. The van der Waals surface area contributed by atoms with Crippen molar-refractivity contribution in [1.82, 2.24) is 0 Å². The number of thioether (sulfide) groups is 1. The first-order valence-corrected chi connectivity index (χ1v) is 6.63. The average molecular weight is 223 g/mol. The van der Waals surface area contributed by atoms with Crippen LogP contribution in [0.25, 0.3) is 0 Å². The highest BCUT2D eigenvalue weighted by atomic mass is 32.2. The van der Waals surface area contributed by atoms with E-state index in [0.717, 1.165) is 0 Å². The van der Waals surface area contributed by atoms with Gasteiger partial charge in [0.15, 0.2) is 0 Å². The van der Waals surface area contributed by atoms with Gasteiger partial charge in [0.25, 0.3) is 0 Å². The fourth-order valence-corrected chi connectivity index (χ4v) is 2.35. The molecule has 1 atom stereocenters. The Balaban J connectivity index is 3.03. The van der Waals surface area contributed by atoms with Crippen LogP contribution in [0, 0.1) is 0 Å². The van der Waals surface area contributed by atoms with Gasteiger partial charge in [0, 0.05) is 17.2 Å². The molecular formula is C13H21NS. The molecule has 1 rings (SSSR count). The van der Waals surface area contributed by atoms with Crippen LogP contribution in [0.5, 0.6) is 0 Å². The molecule has 1 nitrogen and oxygen atoms in total. The summed E-state index contributed by atoms with van der Waals surface area (Å²) >= 11 is 1.91. The standard InChI is InChI=1S/C13H21NS/c1-10(15-4)13(2,3)12-7-5-6-11(8-12)9-14/h5-8,10H,9,14H2,1-4H3. The van der Waals surface area contributed by atoms with E-state index in [9.17, 15) is 0 Å². The lowest BCUT2D eigenvalue weighted by atomic mass is 9.81. The molecule has 0 fully saturated rings. The molecule has 1 aromatic rings. The second-order valence-corrected chi connectivity index (χ2v) is 5.68. The van der Waals surface area contributed by atoms with E-state index >= 15 is 0 Å². The lowest BCUT2D eigenvalue weighted by Crippen LogP contribution is -2.28. The van der Waals surface area contributed by atoms with Crippen molar-refractivity contribution in [3.05, 3.63) is 35.4 Å². The Morgan fingerprint density at radius 1 is 1.40 bits per heavy atom. The number of benzene rings is 1. The molecular weight excluding hydrogens is 202 g/mol. The van der Waals surface area contributed by atoms with Gasteiger partial charge in [0.2, 0.25) is 0 Å². The Hall–Kier alpha value is -0.470. The van der Waals surface area contributed by atoms with Gasteiger partial charge in [-0.2, -0.15) is 11.8 Å². The van der Waals surface area contributed by atoms with Crippen molar-refractivity contribution in [2.75, 3.05) is 6.26 Å². The van der Waals surface area contributed by atoms with Gasteiger partial charge in [-0.15, -0.1) is 0 Å². The van der Waals surface area contributed by atoms with Crippen molar-refractivity contribution in [2.24, 2.45) is 5.73 Å². The van der Waals surface area contributed by atoms with Gasteiger partial charge in [-0.05, 0) is 17.4 Å². The minimum absolute atomic E-state index is 0.199. The van der Waals surface area contributed by atoms with E-state index in [1.807, 2.05) is 11.8 Å². The van der Waals surface area contributed by atoms with Crippen LogP contribution in [0.3, 0.4) is 0 Å². The van der Waals surface area contributed by atoms with Crippen LogP contribution in [-0.4, -0.2) is 11.5 Å². The fraction of sp³-hybridized carbons (Fsp3) is 0.538. The summed E-state index contributed by atoms with van der Waals surface area (Å²) in [5, 5.41) is 0.602. The van der Waals surface area contributed by atoms with Crippen LogP contribution >= 0.6 is 11.8 Å². The third-order valence-corrected chi connectivity index (χ3v) is 4.57. The van der Waals surface area contributed by atoms with E-state index in [1.165, 1.54) is 11.1 Å². The highest BCUT2D eigenvalue weighted by Crippen LogP contribution is 2.33. The van der Waals surface area contributed by atoms with Crippen molar-refractivity contribution in [3.63, 3.8) is 0 Å². The molecule has 2 heteroatoms. The van der Waals surface area contributed by atoms with E-state index < -0.39 is 0 Å². The molecule has 0 amide bonds. The topological polar surface area (TPSA) is 26.0 Å². The van der Waals surface area contributed by atoms with E-state index in [0.29, 0.717) is 11.8 Å². The summed E-state index contributed by atoms with van der Waals surface area (Å²) in [5.74, 6) is 0. The minimum atomic E-state index is 0.199. The maximum Gasteiger partial charge on any atom is 0.0178 e. The predicted molar refractivity (Wildman–Crippen MR) is 70.3 cm³/mol. The van der Waals surface area contributed by atoms with Crippen molar-refractivity contribution in [3.8, 4) is 0 Å². The van der Waals surface area contributed by atoms with Crippen LogP contribution in [0.1, 0.15) is 31.9 Å². The summed E-state index contributed by atoms with van der Waals surface area (Å²) in [6, 6.07) is 8.62. The average Bonchev–Trinajstić information content (AvgIpc) is 2.27. The Kier molecular flexibility index (Phi) is 4.23. The molecule has 0 aliphatic heterocycles. The molecule has 0 saturated carbocycles. The van der Waals surface area contributed by atoms with E-state index in [4.69, 9.17) is 5.73 Å². The molecule has 0 aliphatic rings. The molecule has 0 aromatic heterocycles. The van der Waals surface area contributed by atoms with Gasteiger partial charge < -0.3 is 5.73 Å².